The first-order valence-electron chi connectivity index (χ1n) is 8.72. The van der Waals surface area contributed by atoms with Gasteiger partial charge in [0.05, 0.1) is 21.3 Å². The van der Waals surface area contributed by atoms with Gasteiger partial charge in [-0.3, -0.25) is 4.79 Å². The summed E-state index contributed by atoms with van der Waals surface area (Å²) in [6.45, 7) is 0.543. The SMILES string of the molecule is COc1ccc(CCCNC(=O)c2cc3cccc(OC)c3o2)cc1OC. The molecule has 0 atom stereocenters. The number of rotatable bonds is 8. The fourth-order valence-electron chi connectivity index (χ4n) is 2.93. The molecule has 3 rings (SSSR count). The number of para-hydroxylation sites is 1. The van der Waals surface area contributed by atoms with Crippen LogP contribution in [0, 0.1) is 0 Å². The highest BCUT2D eigenvalue weighted by Gasteiger charge is 2.14. The predicted molar refractivity (Wildman–Crippen MR) is 103 cm³/mol. The van der Waals surface area contributed by atoms with Crippen molar-refractivity contribution in [1.29, 1.82) is 0 Å². The largest absolute Gasteiger partial charge is 0.493 e. The Labute approximate surface area is 158 Å². The minimum absolute atomic E-state index is 0.236. The minimum Gasteiger partial charge on any atom is -0.493 e. The molecule has 6 heteroatoms. The number of hydrogen-bond acceptors (Lipinski definition) is 5. The van der Waals surface area contributed by atoms with Gasteiger partial charge in [0.2, 0.25) is 0 Å². The van der Waals surface area contributed by atoms with Crippen LogP contribution in [0.5, 0.6) is 17.2 Å². The Morgan fingerprint density at radius 1 is 0.963 bits per heavy atom. The molecule has 1 aromatic heterocycles. The quantitative estimate of drug-likeness (QED) is 0.611. The number of furan rings is 1. The monoisotopic (exact) mass is 369 g/mol. The van der Waals surface area contributed by atoms with Crippen LogP contribution in [0.25, 0.3) is 11.0 Å². The lowest BCUT2D eigenvalue weighted by Crippen LogP contribution is -2.24. The molecule has 142 valence electrons. The topological polar surface area (TPSA) is 69.9 Å². The summed E-state index contributed by atoms with van der Waals surface area (Å²) in [5.74, 6) is 2.06. The van der Waals surface area contributed by atoms with Crippen LogP contribution < -0.4 is 19.5 Å². The van der Waals surface area contributed by atoms with Crippen molar-refractivity contribution in [3.05, 3.63) is 53.8 Å². The molecule has 0 aliphatic heterocycles. The number of carbonyl (C=O) groups is 1. The molecule has 6 nitrogen and oxygen atoms in total. The summed E-state index contributed by atoms with van der Waals surface area (Å²) in [6.07, 6.45) is 1.61. The Balaban J connectivity index is 1.56. The zero-order valence-electron chi connectivity index (χ0n) is 15.7. The fourth-order valence-corrected chi connectivity index (χ4v) is 2.93. The number of fused-ring (bicyclic) bond motifs is 1. The van der Waals surface area contributed by atoms with Gasteiger partial charge in [-0.1, -0.05) is 18.2 Å². The van der Waals surface area contributed by atoms with E-state index in [2.05, 4.69) is 5.32 Å². The second-order valence-corrected chi connectivity index (χ2v) is 6.04. The number of methoxy groups -OCH3 is 3. The summed E-state index contributed by atoms with van der Waals surface area (Å²) in [4.78, 5) is 12.3. The van der Waals surface area contributed by atoms with E-state index in [1.807, 2.05) is 30.3 Å². The standard InChI is InChI=1S/C21H23NO5/c1-24-16-10-9-14(12-18(16)26-3)6-5-11-22-21(23)19-13-15-7-4-8-17(25-2)20(15)27-19/h4,7-10,12-13H,5-6,11H2,1-3H3,(H,22,23). The van der Waals surface area contributed by atoms with E-state index < -0.39 is 0 Å². The maximum Gasteiger partial charge on any atom is 0.287 e. The average molecular weight is 369 g/mol. The molecule has 27 heavy (non-hydrogen) atoms. The molecular weight excluding hydrogens is 346 g/mol. The van der Waals surface area contributed by atoms with Gasteiger partial charge >= 0.3 is 0 Å². The number of benzene rings is 2. The van der Waals surface area contributed by atoms with Gasteiger partial charge in [0.1, 0.15) is 0 Å². The first-order chi connectivity index (χ1) is 13.2. The molecule has 0 aliphatic rings. The lowest BCUT2D eigenvalue weighted by molar-refractivity contribution is 0.0927. The number of hydrogen-bond donors (Lipinski definition) is 1. The van der Waals surface area contributed by atoms with Crippen molar-refractivity contribution in [2.24, 2.45) is 0 Å². The lowest BCUT2D eigenvalue weighted by atomic mass is 10.1. The summed E-state index contributed by atoms with van der Waals surface area (Å²) < 4.78 is 21.5. The Morgan fingerprint density at radius 3 is 2.48 bits per heavy atom. The average Bonchev–Trinajstić information content (AvgIpc) is 3.15. The summed E-state index contributed by atoms with van der Waals surface area (Å²) in [6, 6.07) is 13.1. The van der Waals surface area contributed by atoms with Crippen LogP contribution in [-0.4, -0.2) is 33.8 Å². The highest BCUT2D eigenvalue weighted by atomic mass is 16.5. The van der Waals surface area contributed by atoms with Gasteiger partial charge in [0, 0.05) is 11.9 Å². The maximum atomic E-state index is 12.3. The summed E-state index contributed by atoms with van der Waals surface area (Å²) in [5, 5.41) is 3.73. The molecule has 0 unspecified atom stereocenters. The van der Waals surface area contributed by atoms with Crippen LogP contribution in [0.15, 0.2) is 46.9 Å². The van der Waals surface area contributed by atoms with Crippen molar-refractivity contribution < 1.29 is 23.4 Å². The second kappa shape index (κ2) is 8.49. The zero-order valence-corrected chi connectivity index (χ0v) is 15.7. The Morgan fingerprint density at radius 2 is 1.74 bits per heavy atom. The maximum absolute atomic E-state index is 12.3. The molecule has 2 aromatic carbocycles. The Hall–Kier alpha value is -3.15. The molecule has 1 N–H and O–H groups in total. The third-order valence-electron chi connectivity index (χ3n) is 4.33. The van der Waals surface area contributed by atoms with Crippen LogP contribution in [-0.2, 0) is 6.42 Å². The van der Waals surface area contributed by atoms with Crippen molar-refractivity contribution in [1.82, 2.24) is 5.32 Å². The van der Waals surface area contributed by atoms with Crippen LogP contribution in [0.1, 0.15) is 22.5 Å². The van der Waals surface area contributed by atoms with E-state index in [0.29, 0.717) is 29.4 Å². The van der Waals surface area contributed by atoms with E-state index in [1.165, 1.54) is 0 Å². The molecule has 1 amide bonds. The molecule has 0 saturated carbocycles. The molecule has 1 heterocycles. The third-order valence-corrected chi connectivity index (χ3v) is 4.33. The molecule has 0 fully saturated rings. The summed E-state index contributed by atoms with van der Waals surface area (Å²) in [7, 11) is 4.80. The third kappa shape index (κ3) is 4.16. The van der Waals surface area contributed by atoms with E-state index in [4.69, 9.17) is 18.6 Å². The molecule has 3 aromatic rings. The van der Waals surface area contributed by atoms with Gasteiger partial charge in [-0.15, -0.1) is 0 Å². The summed E-state index contributed by atoms with van der Waals surface area (Å²) >= 11 is 0. The number of nitrogens with one attached hydrogen (secondary N) is 1. The van der Waals surface area contributed by atoms with Gasteiger partial charge in [0.25, 0.3) is 5.91 Å². The normalized spacial score (nSPS) is 10.6. The Kier molecular flexibility index (Phi) is 5.86. The molecule has 0 spiro atoms. The highest BCUT2D eigenvalue weighted by Crippen LogP contribution is 2.29. The van der Waals surface area contributed by atoms with E-state index in [-0.39, 0.29) is 11.7 Å². The van der Waals surface area contributed by atoms with Crippen molar-refractivity contribution >= 4 is 16.9 Å². The van der Waals surface area contributed by atoms with E-state index in [0.717, 1.165) is 23.8 Å². The molecule has 0 radical (unpaired) electrons. The first-order valence-corrected chi connectivity index (χ1v) is 8.72. The van der Waals surface area contributed by atoms with Crippen LogP contribution >= 0.6 is 0 Å². The van der Waals surface area contributed by atoms with Gasteiger partial charge in [0.15, 0.2) is 28.6 Å². The van der Waals surface area contributed by atoms with Crippen molar-refractivity contribution in [3.8, 4) is 17.2 Å². The number of aryl methyl sites for hydroxylation is 1. The van der Waals surface area contributed by atoms with Gasteiger partial charge in [-0.05, 0) is 42.7 Å². The van der Waals surface area contributed by atoms with Gasteiger partial charge < -0.3 is 23.9 Å². The number of carbonyl (C=O) groups excluding carboxylic acids is 1. The fraction of sp³-hybridized carbons (Fsp3) is 0.286. The van der Waals surface area contributed by atoms with E-state index in [9.17, 15) is 4.79 Å². The smallest absolute Gasteiger partial charge is 0.287 e. The first kappa shape index (κ1) is 18.6. The molecule has 0 aliphatic carbocycles. The number of ether oxygens (including phenoxy) is 3. The zero-order chi connectivity index (χ0) is 19.2. The summed E-state index contributed by atoms with van der Waals surface area (Å²) in [5.41, 5.74) is 1.70. The van der Waals surface area contributed by atoms with Crippen molar-refractivity contribution in [3.63, 3.8) is 0 Å². The molecule has 0 bridgehead atoms. The molecule has 0 saturated heterocycles. The van der Waals surface area contributed by atoms with Crippen LogP contribution in [0.3, 0.4) is 0 Å². The van der Waals surface area contributed by atoms with Crippen LogP contribution in [0.4, 0.5) is 0 Å². The number of amides is 1. The second-order valence-electron chi connectivity index (χ2n) is 6.04. The predicted octanol–water partition coefficient (Wildman–Crippen LogP) is 3.82. The lowest BCUT2D eigenvalue weighted by Gasteiger charge is -2.09. The molecular formula is C21H23NO5. The van der Waals surface area contributed by atoms with E-state index >= 15 is 0 Å². The van der Waals surface area contributed by atoms with Crippen LogP contribution in [0.2, 0.25) is 0 Å². The van der Waals surface area contributed by atoms with Crippen molar-refractivity contribution in [2.75, 3.05) is 27.9 Å². The van der Waals surface area contributed by atoms with Crippen molar-refractivity contribution in [2.45, 2.75) is 12.8 Å². The van der Waals surface area contributed by atoms with Gasteiger partial charge in [-0.2, -0.15) is 0 Å². The van der Waals surface area contributed by atoms with Gasteiger partial charge in [-0.25, -0.2) is 0 Å². The minimum atomic E-state index is -0.236. The van der Waals surface area contributed by atoms with E-state index in [1.54, 1.807) is 33.5 Å². The highest BCUT2D eigenvalue weighted by molar-refractivity contribution is 5.97. The Bertz CT molecular complexity index is 931.